The molecule has 1 aliphatic carbocycles. The number of likely N-dealkylation sites (tertiary alicyclic amines) is 1. The summed E-state index contributed by atoms with van der Waals surface area (Å²) in [6, 6.07) is 5.00. The number of carbonyl (C=O) groups is 3. The zero-order valence-corrected chi connectivity index (χ0v) is 13.9. The number of para-hydroxylation sites is 1. The number of Topliss-reactive ketones (excluding diaryl/α,β-unsaturated/α-hetero) is 1. The van der Waals surface area contributed by atoms with Gasteiger partial charge >= 0.3 is 12.1 Å². The van der Waals surface area contributed by atoms with Crippen LogP contribution in [0.1, 0.15) is 23.2 Å². The predicted octanol–water partition coefficient (Wildman–Crippen LogP) is 2.46. The van der Waals surface area contributed by atoms with Gasteiger partial charge in [0.05, 0.1) is 5.56 Å². The van der Waals surface area contributed by atoms with E-state index < -0.39 is 35.4 Å². The lowest BCUT2D eigenvalue weighted by atomic mass is 10.1. The molecule has 0 radical (unpaired) electrons. The Hall–Kier alpha value is -2.84. The van der Waals surface area contributed by atoms with Gasteiger partial charge < -0.3 is 14.6 Å². The highest BCUT2D eigenvalue weighted by Gasteiger charge is 2.56. The minimum Gasteiger partial charge on any atom is -0.480 e. The molecule has 0 unspecified atom stereocenters. The Bertz CT molecular complexity index is 965. The summed E-state index contributed by atoms with van der Waals surface area (Å²) in [6.45, 7) is -0.321. The molecule has 4 rings (SSSR count). The molecule has 0 spiro atoms. The largest absolute Gasteiger partial charge is 0.480 e. The maximum Gasteiger partial charge on any atom is 0.454 e. The van der Waals surface area contributed by atoms with Gasteiger partial charge in [-0.25, -0.2) is 4.79 Å². The second-order valence-corrected chi connectivity index (χ2v) is 6.97. The van der Waals surface area contributed by atoms with Gasteiger partial charge in [0, 0.05) is 23.1 Å². The van der Waals surface area contributed by atoms with Crippen molar-refractivity contribution in [2.24, 2.45) is 5.92 Å². The van der Waals surface area contributed by atoms with E-state index in [1.54, 1.807) is 6.07 Å². The van der Waals surface area contributed by atoms with Crippen LogP contribution >= 0.6 is 0 Å². The summed E-state index contributed by atoms with van der Waals surface area (Å²) in [5.41, 5.74) is -0.205. The first-order chi connectivity index (χ1) is 12.7. The van der Waals surface area contributed by atoms with E-state index in [1.165, 1.54) is 27.7 Å². The number of amides is 1. The summed E-state index contributed by atoms with van der Waals surface area (Å²) in [5.74, 6) is -3.35. The van der Waals surface area contributed by atoms with Crippen molar-refractivity contribution in [3.05, 3.63) is 36.0 Å². The third-order valence-electron chi connectivity index (χ3n) is 5.27. The molecule has 3 atom stereocenters. The van der Waals surface area contributed by atoms with Crippen molar-refractivity contribution in [1.82, 2.24) is 9.47 Å². The standard InChI is InChI=1S/C18H15F3N2O4/c19-18(20,21)16(25)11-7-22(12-4-2-1-3-10(11)12)8-15(24)23-13-5-9(13)6-14(23)17(26)27/h1-4,7,9,13-14H,5-6,8H2,(H,26,27)/t9-,13-,14+/m1/s1. The van der Waals surface area contributed by atoms with Gasteiger partial charge in [0.15, 0.2) is 0 Å². The third kappa shape index (κ3) is 2.87. The van der Waals surface area contributed by atoms with Gasteiger partial charge in [0.2, 0.25) is 5.91 Å². The topological polar surface area (TPSA) is 79.6 Å². The van der Waals surface area contributed by atoms with Crippen molar-refractivity contribution >= 4 is 28.6 Å². The van der Waals surface area contributed by atoms with Crippen molar-refractivity contribution < 1.29 is 32.7 Å². The number of ketones is 1. The summed E-state index contributed by atoms with van der Waals surface area (Å²) in [7, 11) is 0. The fourth-order valence-electron chi connectivity index (χ4n) is 3.97. The van der Waals surface area contributed by atoms with Crippen LogP contribution in [0.3, 0.4) is 0 Å². The molecule has 1 amide bonds. The number of hydrogen-bond donors (Lipinski definition) is 1. The molecule has 1 aromatic carbocycles. The summed E-state index contributed by atoms with van der Waals surface area (Å²) in [4.78, 5) is 37.2. The number of alkyl halides is 3. The van der Waals surface area contributed by atoms with Gasteiger partial charge in [-0.3, -0.25) is 9.59 Å². The quantitative estimate of drug-likeness (QED) is 0.827. The first-order valence-electron chi connectivity index (χ1n) is 8.42. The number of aliphatic carboxylic acids is 1. The average Bonchev–Trinajstić information content (AvgIpc) is 3.11. The molecule has 1 aromatic heterocycles. The number of carboxylic acids is 1. The van der Waals surface area contributed by atoms with Crippen molar-refractivity contribution in [3.8, 4) is 0 Å². The Morgan fingerprint density at radius 3 is 2.52 bits per heavy atom. The molecule has 1 aliphatic heterocycles. The van der Waals surface area contributed by atoms with Gasteiger partial charge in [0.1, 0.15) is 12.6 Å². The van der Waals surface area contributed by atoms with Crippen LogP contribution < -0.4 is 0 Å². The molecule has 2 aromatic rings. The van der Waals surface area contributed by atoms with Crippen LogP contribution in [0, 0.1) is 5.92 Å². The molecule has 0 bridgehead atoms. The van der Waals surface area contributed by atoms with E-state index in [9.17, 15) is 32.7 Å². The first kappa shape index (κ1) is 17.6. The van der Waals surface area contributed by atoms with E-state index in [0.29, 0.717) is 11.9 Å². The maximum absolute atomic E-state index is 12.9. The molecule has 2 aliphatic rings. The fourth-order valence-corrected chi connectivity index (χ4v) is 3.97. The Morgan fingerprint density at radius 2 is 1.85 bits per heavy atom. The zero-order chi connectivity index (χ0) is 19.5. The molecule has 27 heavy (non-hydrogen) atoms. The van der Waals surface area contributed by atoms with Crippen LogP contribution in [-0.2, 0) is 16.1 Å². The summed E-state index contributed by atoms with van der Waals surface area (Å²) in [5, 5.41) is 9.41. The van der Waals surface area contributed by atoms with Crippen molar-refractivity contribution in [2.75, 3.05) is 0 Å². The van der Waals surface area contributed by atoms with Crippen LogP contribution in [0.2, 0.25) is 0 Å². The van der Waals surface area contributed by atoms with E-state index in [-0.39, 0.29) is 23.9 Å². The maximum atomic E-state index is 12.9. The van der Waals surface area contributed by atoms with Gasteiger partial charge in [-0.1, -0.05) is 18.2 Å². The molecular weight excluding hydrogens is 365 g/mol. The lowest BCUT2D eigenvalue weighted by Gasteiger charge is -2.24. The predicted molar refractivity (Wildman–Crippen MR) is 87.1 cm³/mol. The number of rotatable bonds is 4. The molecular formula is C18H15F3N2O4. The molecule has 2 fully saturated rings. The van der Waals surface area contributed by atoms with Crippen LogP contribution in [0.4, 0.5) is 13.2 Å². The summed E-state index contributed by atoms with van der Waals surface area (Å²) < 4.78 is 39.9. The minimum atomic E-state index is -5.02. The van der Waals surface area contributed by atoms with Gasteiger partial charge in [0.25, 0.3) is 5.78 Å². The SMILES string of the molecule is O=C(O)[C@@H]1C[C@H]2C[C@H]2N1C(=O)Cn1cc(C(=O)C(F)(F)F)c2ccccc21. The van der Waals surface area contributed by atoms with Crippen molar-refractivity contribution in [2.45, 2.75) is 37.6 Å². The van der Waals surface area contributed by atoms with E-state index in [1.807, 2.05) is 0 Å². The number of halogens is 3. The second kappa shape index (κ2) is 5.83. The van der Waals surface area contributed by atoms with E-state index in [0.717, 1.165) is 12.6 Å². The Morgan fingerprint density at radius 1 is 1.15 bits per heavy atom. The summed E-state index contributed by atoms with van der Waals surface area (Å²) >= 11 is 0. The fraction of sp³-hybridized carbons (Fsp3) is 0.389. The van der Waals surface area contributed by atoms with Gasteiger partial charge in [-0.05, 0) is 24.8 Å². The van der Waals surface area contributed by atoms with Crippen LogP contribution in [0.5, 0.6) is 0 Å². The monoisotopic (exact) mass is 380 g/mol. The Labute approximate surface area is 151 Å². The molecule has 142 valence electrons. The number of nitrogens with zero attached hydrogens (tertiary/aromatic N) is 2. The number of benzene rings is 1. The number of hydrogen-bond acceptors (Lipinski definition) is 3. The molecule has 1 saturated carbocycles. The van der Waals surface area contributed by atoms with Crippen LogP contribution in [0.25, 0.3) is 10.9 Å². The second-order valence-electron chi connectivity index (χ2n) is 6.97. The highest BCUT2D eigenvalue weighted by molar-refractivity contribution is 6.10. The lowest BCUT2D eigenvalue weighted by molar-refractivity contribution is -0.149. The Balaban J connectivity index is 1.67. The summed E-state index contributed by atoms with van der Waals surface area (Å²) in [6.07, 6.45) is -2.85. The van der Waals surface area contributed by atoms with Gasteiger partial charge in [-0.2, -0.15) is 13.2 Å². The molecule has 6 nitrogen and oxygen atoms in total. The van der Waals surface area contributed by atoms with E-state index in [2.05, 4.69) is 0 Å². The minimum absolute atomic E-state index is 0.105. The van der Waals surface area contributed by atoms with Crippen LogP contribution in [-0.4, -0.2) is 50.5 Å². The number of fused-ring (bicyclic) bond motifs is 2. The lowest BCUT2D eigenvalue weighted by Crippen LogP contribution is -2.44. The van der Waals surface area contributed by atoms with E-state index in [4.69, 9.17) is 0 Å². The number of carboxylic acid groups (broad SMARTS) is 1. The third-order valence-corrected chi connectivity index (χ3v) is 5.27. The van der Waals surface area contributed by atoms with E-state index >= 15 is 0 Å². The molecule has 1 saturated heterocycles. The molecule has 1 N–H and O–H groups in total. The highest BCUT2D eigenvalue weighted by atomic mass is 19.4. The number of piperidine rings is 1. The molecule has 2 heterocycles. The Kier molecular flexibility index (Phi) is 3.79. The van der Waals surface area contributed by atoms with Crippen molar-refractivity contribution in [3.63, 3.8) is 0 Å². The van der Waals surface area contributed by atoms with Crippen LogP contribution in [0.15, 0.2) is 30.5 Å². The number of aromatic nitrogens is 1. The average molecular weight is 380 g/mol. The van der Waals surface area contributed by atoms with Crippen molar-refractivity contribution in [1.29, 1.82) is 0 Å². The number of carbonyl (C=O) groups excluding carboxylic acids is 2. The zero-order valence-electron chi connectivity index (χ0n) is 13.9. The molecule has 9 heteroatoms. The highest BCUT2D eigenvalue weighted by Crippen LogP contribution is 2.48. The smallest absolute Gasteiger partial charge is 0.454 e. The normalized spacial score (nSPS) is 24.1. The van der Waals surface area contributed by atoms with Gasteiger partial charge in [-0.15, -0.1) is 0 Å². The first-order valence-corrected chi connectivity index (χ1v) is 8.42.